The lowest BCUT2D eigenvalue weighted by molar-refractivity contribution is 0.0693. The van der Waals surface area contributed by atoms with Crippen molar-refractivity contribution in [2.24, 2.45) is 0 Å². The lowest BCUT2D eigenvalue weighted by Crippen LogP contribution is -2.07. The first-order valence-corrected chi connectivity index (χ1v) is 15.1. The molecule has 0 aliphatic rings. The van der Waals surface area contributed by atoms with Crippen LogP contribution < -0.4 is 4.74 Å². The highest BCUT2D eigenvalue weighted by molar-refractivity contribution is 5.91. The number of aryl methyl sites for hydroxylation is 1. The number of aromatic carboxylic acids is 1. The van der Waals surface area contributed by atoms with E-state index < -0.39 is 5.97 Å². The molecule has 0 bridgehead atoms. The predicted octanol–water partition coefficient (Wildman–Crippen LogP) is 10.3. The van der Waals surface area contributed by atoms with Gasteiger partial charge in [0.2, 0.25) is 0 Å². The van der Waals surface area contributed by atoms with Crippen LogP contribution in [-0.4, -0.2) is 18.2 Å². The van der Waals surface area contributed by atoms with Crippen molar-refractivity contribution in [2.75, 3.05) is 7.11 Å². The zero-order valence-corrected chi connectivity index (χ0v) is 23.5. The van der Waals surface area contributed by atoms with Gasteiger partial charge in [-0.1, -0.05) is 135 Å². The van der Waals surface area contributed by atoms with Crippen LogP contribution >= 0.6 is 0 Å². The van der Waals surface area contributed by atoms with E-state index in [1.54, 1.807) is 13.2 Å². The molecular weight excluding hydrogens is 432 g/mol. The van der Waals surface area contributed by atoms with Gasteiger partial charge in [-0.15, -0.1) is 0 Å². The number of hydrogen-bond donors (Lipinski definition) is 1. The van der Waals surface area contributed by atoms with Crippen LogP contribution in [0.5, 0.6) is 5.75 Å². The Balaban J connectivity index is 2.44. The van der Waals surface area contributed by atoms with Gasteiger partial charge >= 0.3 is 5.97 Å². The van der Waals surface area contributed by atoms with E-state index in [1.165, 1.54) is 128 Å². The largest absolute Gasteiger partial charge is 0.496 e. The van der Waals surface area contributed by atoms with Crippen molar-refractivity contribution in [1.82, 2.24) is 0 Å². The molecule has 202 valence electrons. The number of unbranched alkanes of at least 4 members (excludes halogenated alkanes) is 18. The highest BCUT2D eigenvalue weighted by atomic mass is 16.5. The van der Waals surface area contributed by atoms with E-state index in [4.69, 9.17) is 4.74 Å². The smallest absolute Gasteiger partial charge is 0.339 e. The summed E-state index contributed by atoms with van der Waals surface area (Å²) in [4.78, 5) is 11.8. The average molecular weight is 489 g/mol. The van der Waals surface area contributed by atoms with Gasteiger partial charge in [-0.05, 0) is 42.9 Å². The third-order valence-electron chi connectivity index (χ3n) is 7.37. The maximum atomic E-state index is 11.8. The Morgan fingerprint density at radius 1 is 0.629 bits per heavy atom. The van der Waals surface area contributed by atoms with Gasteiger partial charge in [0.05, 0.1) is 7.11 Å². The van der Waals surface area contributed by atoms with Crippen LogP contribution in [0.15, 0.2) is 12.1 Å². The van der Waals surface area contributed by atoms with Crippen LogP contribution in [0.4, 0.5) is 0 Å². The molecule has 0 atom stereocenters. The summed E-state index contributed by atoms with van der Waals surface area (Å²) in [6, 6.07) is 3.79. The summed E-state index contributed by atoms with van der Waals surface area (Å²) in [5.74, 6) is -0.297. The summed E-state index contributed by atoms with van der Waals surface area (Å²) >= 11 is 0. The topological polar surface area (TPSA) is 46.5 Å². The van der Waals surface area contributed by atoms with Gasteiger partial charge in [-0.2, -0.15) is 0 Å². The standard InChI is InChI=1S/C32H56O3/c1-4-6-8-10-12-14-16-18-20-22-24-28-26-27-30(32(33)34)31(35-3)29(28)25-23-21-19-17-15-13-11-9-7-5-2/h26-27H,4-25H2,1-3H3,(H,33,34). The lowest BCUT2D eigenvalue weighted by Gasteiger charge is -2.16. The van der Waals surface area contributed by atoms with Crippen LogP contribution in [-0.2, 0) is 12.8 Å². The zero-order valence-electron chi connectivity index (χ0n) is 23.5. The number of carbonyl (C=O) groups is 1. The van der Waals surface area contributed by atoms with Crippen LogP contribution in [0.3, 0.4) is 0 Å². The Morgan fingerprint density at radius 2 is 1.03 bits per heavy atom. The molecule has 0 spiro atoms. The number of rotatable bonds is 24. The maximum absolute atomic E-state index is 11.8. The Kier molecular flexibility index (Phi) is 19.6. The molecule has 3 heteroatoms. The van der Waals surface area contributed by atoms with Crippen molar-refractivity contribution in [3.63, 3.8) is 0 Å². The molecule has 0 aliphatic heterocycles. The van der Waals surface area contributed by atoms with Gasteiger partial charge < -0.3 is 9.84 Å². The second-order valence-electron chi connectivity index (χ2n) is 10.5. The minimum atomic E-state index is -0.892. The summed E-state index contributed by atoms with van der Waals surface area (Å²) in [5.41, 5.74) is 2.74. The summed E-state index contributed by atoms with van der Waals surface area (Å²) in [7, 11) is 1.62. The van der Waals surface area contributed by atoms with E-state index in [0.29, 0.717) is 11.3 Å². The van der Waals surface area contributed by atoms with E-state index in [9.17, 15) is 9.90 Å². The quantitative estimate of drug-likeness (QED) is 0.147. The van der Waals surface area contributed by atoms with Crippen LogP contribution in [0.1, 0.15) is 164 Å². The molecular formula is C32H56O3. The highest BCUT2D eigenvalue weighted by Gasteiger charge is 2.18. The van der Waals surface area contributed by atoms with Gasteiger partial charge in [0.1, 0.15) is 11.3 Å². The molecule has 0 fully saturated rings. The number of ether oxygens (including phenoxy) is 1. The number of carboxylic acid groups (broad SMARTS) is 1. The summed E-state index contributed by atoms with van der Waals surface area (Å²) < 4.78 is 5.64. The Bertz CT molecular complexity index is 652. The average Bonchev–Trinajstić information content (AvgIpc) is 2.86. The number of benzene rings is 1. The van der Waals surface area contributed by atoms with E-state index in [1.807, 2.05) is 6.07 Å². The second-order valence-corrected chi connectivity index (χ2v) is 10.5. The third-order valence-corrected chi connectivity index (χ3v) is 7.37. The molecule has 1 rings (SSSR count). The summed E-state index contributed by atoms with van der Waals surface area (Å²) in [5, 5.41) is 9.64. The van der Waals surface area contributed by atoms with E-state index >= 15 is 0 Å². The van der Waals surface area contributed by atoms with Gasteiger partial charge in [0.15, 0.2) is 0 Å². The number of hydrogen-bond acceptors (Lipinski definition) is 2. The molecule has 0 saturated carbocycles. The minimum Gasteiger partial charge on any atom is -0.496 e. The van der Waals surface area contributed by atoms with Crippen molar-refractivity contribution in [2.45, 2.75) is 155 Å². The van der Waals surface area contributed by atoms with Crippen molar-refractivity contribution in [3.8, 4) is 5.75 Å². The van der Waals surface area contributed by atoms with Crippen molar-refractivity contribution in [3.05, 3.63) is 28.8 Å². The second kappa shape index (κ2) is 21.7. The SMILES string of the molecule is CCCCCCCCCCCCc1ccc(C(=O)O)c(OC)c1CCCCCCCCCCCC. The van der Waals surface area contributed by atoms with E-state index in [0.717, 1.165) is 24.8 Å². The zero-order chi connectivity index (χ0) is 25.6. The first-order chi connectivity index (χ1) is 17.2. The van der Waals surface area contributed by atoms with E-state index in [-0.39, 0.29) is 0 Å². The predicted molar refractivity (Wildman–Crippen MR) is 151 cm³/mol. The molecule has 35 heavy (non-hydrogen) atoms. The van der Waals surface area contributed by atoms with Gasteiger partial charge in [0, 0.05) is 0 Å². The fraction of sp³-hybridized carbons (Fsp3) is 0.781. The van der Waals surface area contributed by atoms with Crippen LogP contribution in [0.2, 0.25) is 0 Å². The molecule has 0 amide bonds. The van der Waals surface area contributed by atoms with Gasteiger partial charge in [-0.25, -0.2) is 4.79 Å². The molecule has 0 heterocycles. The minimum absolute atomic E-state index is 0.307. The molecule has 0 aliphatic carbocycles. The molecule has 0 aromatic heterocycles. The third kappa shape index (κ3) is 14.6. The first kappa shape index (κ1) is 31.5. The molecule has 1 aromatic carbocycles. The fourth-order valence-corrected chi connectivity index (χ4v) is 5.17. The Labute approximate surface area is 217 Å². The summed E-state index contributed by atoms with van der Waals surface area (Å²) in [6.45, 7) is 4.54. The monoisotopic (exact) mass is 488 g/mol. The van der Waals surface area contributed by atoms with Crippen molar-refractivity contribution < 1.29 is 14.6 Å². The Morgan fingerprint density at radius 3 is 1.43 bits per heavy atom. The highest BCUT2D eigenvalue weighted by Crippen LogP contribution is 2.30. The summed E-state index contributed by atoms with van der Waals surface area (Å²) in [6.07, 6.45) is 28.4. The lowest BCUT2D eigenvalue weighted by atomic mass is 9.93. The normalized spacial score (nSPS) is 11.2. The number of carboxylic acids is 1. The first-order valence-electron chi connectivity index (χ1n) is 15.1. The van der Waals surface area contributed by atoms with Gasteiger partial charge in [0.25, 0.3) is 0 Å². The fourth-order valence-electron chi connectivity index (χ4n) is 5.17. The van der Waals surface area contributed by atoms with Crippen molar-refractivity contribution >= 4 is 5.97 Å². The van der Waals surface area contributed by atoms with Crippen molar-refractivity contribution in [1.29, 1.82) is 0 Å². The molecule has 3 nitrogen and oxygen atoms in total. The van der Waals surface area contributed by atoms with Gasteiger partial charge in [-0.3, -0.25) is 0 Å². The molecule has 0 saturated heterocycles. The number of methoxy groups -OCH3 is 1. The molecule has 1 N–H and O–H groups in total. The molecule has 0 unspecified atom stereocenters. The van der Waals surface area contributed by atoms with E-state index in [2.05, 4.69) is 13.8 Å². The van der Waals surface area contributed by atoms with Crippen LogP contribution in [0.25, 0.3) is 0 Å². The maximum Gasteiger partial charge on any atom is 0.339 e. The Hall–Kier alpha value is -1.51. The molecule has 0 radical (unpaired) electrons. The molecule has 1 aromatic rings. The van der Waals surface area contributed by atoms with Crippen LogP contribution in [0, 0.1) is 0 Å².